The van der Waals surface area contributed by atoms with Crippen molar-refractivity contribution in [1.29, 1.82) is 5.26 Å². The van der Waals surface area contributed by atoms with Gasteiger partial charge in [-0.1, -0.05) is 35.9 Å². The fourth-order valence-corrected chi connectivity index (χ4v) is 2.11. The lowest BCUT2D eigenvalue weighted by Crippen LogP contribution is -1.93. The number of benzene rings is 1. The van der Waals surface area contributed by atoms with Crippen LogP contribution in [-0.2, 0) is 0 Å². The normalized spacial score (nSPS) is 10.0. The lowest BCUT2D eigenvalue weighted by molar-refractivity contribution is 1.19. The number of halogens is 1. The molecule has 0 aliphatic heterocycles. The highest BCUT2D eigenvalue weighted by Gasteiger charge is 2.12. The number of nitriles is 1. The van der Waals surface area contributed by atoms with E-state index in [2.05, 4.69) is 11.1 Å². The van der Waals surface area contributed by atoms with E-state index in [4.69, 9.17) is 16.9 Å². The van der Waals surface area contributed by atoms with Gasteiger partial charge >= 0.3 is 0 Å². The first-order valence-corrected chi connectivity index (χ1v) is 5.64. The highest BCUT2D eigenvalue weighted by atomic mass is 35.5. The molecule has 0 spiro atoms. The van der Waals surface area contributed by atoms with Gasteiger partial charge in [0.2, 0.25) is 0 Å². The molecule has 0 saturated heterocycles. The molecular weight excluding hydrogens is 232 g/mol. The predicted molar refractivity (Wildman–Crippen MR) is 68.9 cm³/mol. The number of hydrogen-bond acceptors (Lipinski definition) is 2. The van der Waals surface area contributed by atoms with Gasteiger partial charge in [0.05, 0.1) is 5.56 Å². The molecule has 1 heterocycles. The summed E-state index contributed by atoms with van der Waals surface area (Å²) in [4.78, 5) is 4.10. The average Bonchev–Trinajstić information content (AvgIpc) is 2.28. The van der Waals surface area contributed by atoms with E-state index in [1.807, 2.05) is 44.2 Å². The van der Waals surface area contributed by atoms with Crippen LogP contribution in [0.25, 0.3) is 11.1 Å². The first-order valence-electron chi connectivity index (χ1n) is 5.26. The van der Waals surface area contributed by atoms with Gasteiger partial charge in [0.15, 0.2) is 0 Å². The van der Waals surface area contributed by atoms with Crippen molar-refractivity contribution in [2.45, 2.75) is 13.8 Å². The second kappa shape index (κ2) is 4.57. The quantitative estimate of drug-likeness (QED) is 0.712. The Morgan fingerprint density at radius 3 is 2.53 bits per heavy atom. The summed E-state index contributed by atoms with van der Waals surface area (Å²) in [5.74, 6) is 0. The zero-order chi connectivity index (χ0) is 12.4. The Bertz CT molecular complexity index is 612. The van der Waals surface area contributed by atoms with Crippen molar-refractivity contribution in [3.05, 3.63) is 52.3 Å². The summed E-state index contributed by atoms with van der Waals surface area (Å²) in [6, 6.07) is 11.9. The average molecular weight is 243 g/mol. The molecule has 0 fully saturated rings. The van der Waals surface area contributed by atoms with Crippen LogP contribution in [0.1, 0.15) is 16.8 Å². The van der Waals surface area contributed by atoms with E-state index in [9.17, 15) is 0 Å². The maximum absolute atomic E-state index is 9.17. The summed E-state index contributed by atoms with van der Waals surface area (Å²) in [5.41, 5.74) is 4.24. The van der Waals surface area contributed by atoms with E-state index < -0.39 is 0 Å². The van der Waals surface area contributed by atoms with Crippen molar-refractivity contribution < 1.29 is 0 Å². The molecular formula is C14H11ClN2. The van der Waals surface area contributed by atoms with E-state index in [0.29, 0.717) is 5.56 Å². The molecule has 17 heavy (non-hydrogen) atoms. The molecule has 1 aromatic carbocycles. The minimum atomic E-state index is 0.269. The molecule has 0 aliphatic rings. The van der Waals surface area contributed by atoms with Gasteiger partial charge in [-0.15, -0.1) is 0 Å². The van der Waals surface area contributed by atoms with Gasteiger partial charge in [-0.2, -0.15) is 5.26 Å². The van der Waals surface area contributed by atoms with Gasteiger partial charge in [0, 0.05) is 11.3 Å². The molecule has 0 atom stereocenters. The Kier molecular flexibility index (Phi) is 3.12. The van der Waals surface area contributed by atoms with Crippen LogP contribution in [0.15, 0.2) is 30.3 Å². The molecule has 0 saturated carbocycles. The van der Waals surface area contributed by atoms with Crippen LogP contribution >= 0.6 is 11.6 Å². The fourth-order valence-electron chi connectivity index (χ4n) is 1.83. The van der Waals surface area contributed by atoms with Crippen LogP contribution in [0.4, 0.5) is 0 Å². The Morgan fingerprint density at radius 2 is 1.88 bits per heavy atom. The highest BCUT2D eigenvalue weighted by molar-refractivity contribution is 6.31. The van der Waals surface area contributed by atoms with Crippen LogP contribution in [0, 0.1) is 25.2 Å². The topological polar surface area (TPSA) is 36.7 Å². The molecule has 3 heteroatoms. The van der Waals surface area contributed by atoms with Gasteiger partial charge in [-0.25, -0.2) is 4.98 Å². The third-order valence-corrected chi connectivity index (χ3v) is 2.92. The van der Waals surface area contributed by atoms with Gasteiger partial charge in [0.1, 0.15) is 11.2 Å². The number of pyridine rings is 1. The zero-order valence-electron chi connectivity index (χ0n) is 9.66. The molecule has 2 rings (SSSR count). The molecule has 2 nitrogen and oxygen atoms in total. The number of aryl methyl sites for hydroxylation is 2. The van der Waals surface area contributed by atoms with E-state index in [1.165, 1.54) is 0 Å². The summed E-state index contributed by atoms with van der Waals surface area (Å²) in [6.45, 7) is 3.88. The van der Waals surface area contributed by atoms with Crippen molar-refractivity contribution in [1.82, 2.24) is 4.98 Å². The molecule has 84 valence electrons. The van der Waals surface area contributed by atoms with Crippen molar-refractivity contribution in [2.75, 3.05) is 0 Å². The second-order valence-corrected chi connectivity index (χ2v) is 4.26. The summed E-state index contributed by atoms with van der Waals surface area (Å²) in [6.07, 6.45) is 0. The maximum Gasteiger partial charge on any atom is 0.147 e. The summed E-state index contributed by atoms with van der Waals surface area (Å²) in [7, 11) is 0. The van der Waals surface area contributed by atoms with Crippen molar-refractivity contribution in [2.24, 2.45) is 0 Å². The van der Waals surface area contributed by atoms with Gasteiger partial charge in [-0.05, 0) is 31.0 Å². The molecule has 0 radical (unpaired) electrons. The van der Waals surface area contributed by atoms with Crippen LogP contribution < -0.4 is 0 Å². The number of nitrogens with zero attached hydrogens (tertiary/aromatic N) is 2. The summed E-state index contributed by atoms with van der Waals surface area (Å²) >= 11 is 6.00. The minimum Gasteiger partial charge on any atom is -0.240 e. The first kappa shape index (κ1) is 11.6. The van der Waals surface area contributed by atoms with Crippen molar-refractivity contribution >= 4 is 11.6 Å². The van der Waals surface area contributed by atoms with Gasteiger partial charge in [-0.3, -0.25) is 0 Å². The number of hydrogen-bond donors (Lipinski definition) is 0. The summed E-state index contributed by atoms with van der Waals surface area (Å²) in [5, 5.41) is 9.44. The predicted octanol–water partition coefficient (Wildman–Crippen LogP) is 3.89. The van der Waals surface area contributed by atoms with Gasteiger partial charge < -0.3 is 0 Å². The van der Waals surface area contributed by atoms with E-state index in [-0.39, 0.29) is 5.15 Å². The Morgan fingerprint density at radius 1 is 1.18 bits per heavy atom. The monoisotopic (exact) mass is 242 g/mol. The summed E-state index contributed by atoms with van der Waals surface area (Å²) < 4.78 is 0. The lowest BCUT2D eigenvalue weighted by atomic mass is 9.97. The molecule has 2 aromatic rings. The standard InChI is InChI=1S/C14H11ClN2/c1-9-5-3-4-6-11(9)12-7-10(2)17-14(15)13(12)8-16/h3-7H,1-2H3. The second-order valence-electron chi connectivity index (χ2n) is 3.90. The van der Waals surface area contributed by atoms with Crippen LogP contribution in [0.5, 0.6) is 0 Å². The van der Waals surface area contributed by atoms with Crippen molar-refractivity contribution in [3.63, 3.8) is 0 Å². The van der Waals surface area contributed by atoms with Crippen molar-refractivity contribution in [3.8, 4) is 17.2 Å². The molecule has 0 N–H and O–H groups in total. The highest BCUT2D eigenvalue weighted by Crippen LogP contribution is 2.30. The van der Waals surface area contributed by atoms with E-state index in [0.717, 1.165) is 22.4 Å². The van der Waals surface area contributed by atoms with E-state index in [1.54, 1.807) is 0 Å². The minimum absolute atomic E-state index is 0.269. The molecule has 0 bridgehead atoms. The zero-order valence-corrected chi connectivity index (χ0v) is 10.4. The van der Waals surface area contributed by atoms with Gasteiger partial charge in [0.25, 0.3) is 0 Å². The molecule has 0 aliphatic carbocycles. The van der Waals surface area contributed by atoms with E-state index >= 15 is 0 Å². The smallest absolute Gasteiger partial charge is 0.147 e. The van der Waals surface area contributed by atoms with Crippen LogP contribution in [0.3, 0.4) is 0 Å². The fraction of sp³-hybridized carbons (Fsp3) is 0.143. The Balaban J connectivity index is 2.76. The Hall–Kier alpha value is -1.85. The third-order valence-electron chi connectivity index (χ3n) is 2.65. The lowest BCUT2D eigenvalue weighted by Gasteiger charge is -2.09. The molecule has 1 aromatic heterocycles. The first-order chi connectivity index (χ1) is 8.13. The molecule has 0 amide bonds. The third kappa shape index (κ3) is 2.15. The molecule has 0 unspecified atom stereocenters. The van der Waals surface area contributed by atoms with Crippen LogP contribution in [-0.4, -0.2) is 4.98 Å². The number of aromatic nitrogens is 1. The number of rotatable bonds is 1. The Labute approximate surface area is 105 Å². The SMILES string of the molecule is Cc1cc(-c2ccccc2C)c(C#N)c(Cl)n1. The largest absolute Gasteiger partial charge is 0.240 e. The maximum atomic E-state index is 9.17. The van der Waals surface area contributed by atoms with Crippen LogP contribution in [0.2, 0.25) is 5.15 Å².